The molecule has 0 fully saturated rings. The van der Waals surface area contributed by atoms with Crippen LogP contribution in [0.1, 0.15) is 48.4 Å². The zero-order valence-electron chi connectivity index (χ0n) is 20.1. The molecule has 0 heterocycles. The number of carboxylic acid groups (broad SMARTS) is 1. The Hall–Kier alpha value is -5.30. The minimum Gasteiger partial charge on any atom is -0.478 e. The summed E-state index contributed by atoms with van der Waals surface area (Å²) >= 11 is 0. The fourth-order valence-corrected chi connectivity index (χ4v) is 4.01. The zero-order chi connectivity index (χ0) is 26.8. The molecule has 0 saturated heterocycles. The molecule has 0 bridgehead atoms. The van der Waals surface area contributed by atoms with Crippen LogP contribution in [0.25, 0.3) is 21.5 Å². The van der Waals surface area contributed by atoms with Crippen molar-refractivity contribution in [3.63, 3.8) is 0 Å². The van der Waals surface area contributed by atoms with Gasteiger partial charge in [0, 0.05) is 5.56 Å². The highest BCUT2D eigenvalue weighted by Crippen LogP contribution is 2.25. The number of benzene rings is 5. The lowest BCUT2D eigenvalue weighted by atomic mass is 10.0. The maximum absolute atomic E-state index is 12.7. The lowest BCUT2D eigenvalue weighted by Gasteiger charge is -2.09. The van der Waals surface area contributed by atoms with E-state index in [1.165, 1.54) is 13.0 Å². The van der Waals surface area contributed by atoms with Gasteiger partial charge in [0.25, 0.3) is 0 Å². The number of ether oxygens (including phenoxy) is 2. The number of aromatic carboxylic acids is 1. The first-order valence-corrected chi connectivity index (χ1v) is 11.6. The number of carbonyl (C=O) groups is 4. The predicted molar refractivity (Wildman–Crippen MR) is 141 cm³/mol. The van der Waals surface area contributed by atoms with Gasteiger partial charge in [-0.25, -0.2) is 14.4 Å². The third kappa shape index (κ3) is 5.12. The van der Waals surface area contributed by atoms with Crippen molar-refractivity contribution in [1.82, 2.24) is 0 Å². The first-order chi connectivity index (χ1) is 18.3. The van der Waals surface area contributed by atoms with Crippen molar-refractivity contribution in [2.24, 2.45) is 0 Å². The van der Waals surface area contributed by atoms with E-state index in [1.54, 1.807) is 91.0 Å². The largest absolute Gasteiger partial charge is 0.478 e. The van der Waals surface area contributed by atoms with Crippen LogP contribution in [0.3, 0.4) is 0 Å². The third-order valence-corrected chi connectivity index (χ3v) is 6.05. The first-order valence-electron chi connectivity index (χ1n) is 11.6. The molecule has 7 heteroatoms. The quantitative estimate of drug-likeness (QED) is 0.164. The highest BCUT2D eigenvalue weighted by atomic mass is 16.5. The van der Waals surface area contributed by atoms with E-state index >= 15 is 0 Å². The Balaban J connectivity index is 1.30. The molecule has 0 aromatic heterocycles. The van der Waals surface area contributed by atoms with Crippen molar-refractivity contribution in [3.05, 3.63) is 119 Å². The average molecular weight is 504 g/mol. The van der Waals surface area contributed by atoms with Crippen LogP contribution in [0.15, 0.2) is 97.1 Å². The molecule has 0 aliphatic heterocycles. The Kier molecular flexibility index (Phi) is 6.41. The van der Waals surface area contributed by atoms with Crippen LogP contribution in [-0.2, 0) is 0 Å². The summed E-state index contributed by atoms with van der Waals surface area (Å²) in [5.41, 5.74) is 1.38. The molecule has 0 aliphatic rings. The Morgan fingerprint density at radius 1 is 0.500 bits per heavy atom. The molecule has 7 nitrogen and oxygen atoms in total. The lowest BCUT2D eigenvalue weighted by molar-refractivity contribution is 0.0692. The summed E-state index contributed by atoms with van der Waals surface area (Å²) in [6.07, 6.45) is 0. The van der Waals surface area contributed by atoms with Gasteiger partial charge in [-0.2, -0.15) is 0 Å². The van der Waals surface area contributed by atoms with Crippen LogP contribution >= 0.6 is 0 Å². The van der Waals surface area contributed by atoms with E-state index in [1.807, 2.05) is 0 Å². The van der Waals surface area contributed by atoms with Crippen molar-refractivity contribution in [2.75, 3.05) is 0 Å². The highest BCUT2D eigenvalue weighted by Gasteiger charge is 2.13. The van der Waals surface area contributed by atoms with Crippen molar-refractivity contribution in [2.45, 2.75) is 6.92 Å². The predicted octanol–water partition coefficient (Wildman–Crippen LogP) is 6.33. The molecule has 0 aliphatic carbocycles. The number of Topliss-reactive ketones (excluding diaryl/α,β-unsaturated/α-hetero) is 1. The van der Waals surface area contributed by atoms with Crippen molar-refractivity contribution in [3.8, 4) is 11.5 Å². The van der Waals surface area contributed by atoms with Crippen molar-refractivity contribution < 1.29 is 33.8 Å². The summed E-state index contributed by atoms with van der Waals surface area (Å²) in [4.78, 5) is 47.9. The standard InChI is InChI=1S/C31H20O7/c1-18(32)19-8-11-27(12-9-19)37-30(35)25-7-4-23-17-28(13-10-22(23)16-25)38-31(36)26-6-3-20-14-24(29(33)34)5-2-21(20)15-26/h2-17H,1H3,(H,33,34). The molecule has 1 N–H and O–H groups in total. The summed E-state index contributed by atoms with van der Waals surface area (Å²) in [5, 5.41) is 12.1. The SMILES string of the molecule is CC(=O)c1ccc(OC(=O)c2ccc3cc(OC(=O)c4ccc5cc(C(=O)O)ccc5c4)ccc3c2)cc1. The minimum absolute atomic E-state index is 0.0733. The monoisotopic (exact) mass is 504 g/mol. The molecule has 5 aromatic rings. The minimum atomic E-state index is -1.02. The second kappa shape index (κ2) is 9.99. The molecule has 0 spiro atoms. The number of esters is 2. The van der Waals surface area contributed by atoms with Gasteiger partial charge < -0.3 is 14.6 Å². The van der Waals surface area contributed by atoms with Crippen molar-refractivity contribution in [1.29, 1.82) is 0 Å². The number of carboxylic acids is 1. The summed E-state index contributed by atoms with van der Waals surface area (Å²) < 4.78 is 11.0. The molecule has 5 rings (SSSR count). The fraction of sp³-hybridized carbons (Fsp3) is 0.0323. The maximum atomic E-state index is 12.7. The number of rotatable bonds is 6. The van der Waals surface area contributed by atoms with Crippen LogP contribution in [-0.4, -0.2) is 28.8 Å². The number of ketones is 1. The third-order valence-electron chi connectivity index (χ3n) is 6.05. The summed E-state index contributed by atoms with van der Waals surface area (Å²) in [6, 6.07) is 26.0. The van der Waals surface area contributed by atoms with Crippen LogP contribution < -0.4 is 9.47 Å². The van der Waals surface area contributed by atoms with Crippen LogP contribution in [0, 0.1) is 0 Å². The average Bonchev–Trinajstić information content (AvgIpc) is 2.92. The van der Waals surface area contributed by atoms with E-state index < -0.39 is 17.9 Å². The van der Waals surface area contributed by atoms with E-state index in [4.69, 9.17) is 14.6 Å². The normalized spacial score (nSPS) is 10.8. The van der Waals surface area contributed by atoms with Gasteiger partial charge in [0.1, 0.15) is 11.5 Å². The summed E-state index contributed by atoms with van der Waals surface area (Å²) in [5.74, 6) is -1.51. The van der Waals surface area contributed by atoms with Crippen molar-refractivity contribution >= 4 is 45.2 Å². The smallest absolute Gasteiger partial charge is 0.343 e. The number of hydrogen-bond donors (Lipinski definition) is 1. The van der Waals surface area contributed by atoms with E-state index in [0.29, 0.717) is 33.6 Å². The van der Waals surface area contributed by atoms with Gasteiger partial charge in [-0.3, -0.25) is 4.79 Å². The highest BCUT2D eigenvalue weighted by molar-refractivity contribution is 6.00. The Labute approximate surface area is 216 Å². The fourth-order valence-electron chi connectivity index (χ4n) is 4.01. The first kappa shape index (κ1) is 24.4. The van der Waals surface area contributed by atoms with Crippen LogP contribution in [0.5, 0.6) is 11.5 Å². The van der Waals surface area contributed by atoms with E-state index in [2.05, 4.69) is 0 Å². The van der Waals surface area contributed by atoms with E-state index in [0.717, 1.165) is 16.2 Å². The zero-order valence-corrected chi connectivity index (χ0v) is 20.1. The molecular formula is C31H20O7. The number of hydrogen-bond acceptors (Lipinski definition) is 6. The van der Waals surface area contributed by atoms with Gasteiger partial charge in [0.05, 0.1) is 16.7 Å². The maximum Gasteiger partial charge on any atom is 0.343 e. The number of fused-ring (bicyclic) bond motifs is 2. The summed E-state index contributed by atoms with van der Waals surface area (Å²) in [6.45, 7) is 1.46. The molecule has 38 heavy (non-hydrogen) atoms. The van der Waals surface area contributed by atoms with Gasteiger partial charge in [-0.05, 0) is 101 Å². The number of carbonyl (C=O) groups excluding carboxylic acids is 3. The molecule has 0 saturated carbocycles. The molecule has 186 valence electrons. The lowest BCUT2D eigenvalue weighted by Crippen LogP contribution is -2.09. The molecule has 0 radical (unpaired) electrons. The topological polar surface area (TPSA) is 107 Å². The Morgan fingerprint density at radius 3 is 1.42 bits per heavy atom. The molecule has 5 aromatic carbocycles. The molecule has 0 unspecified atom stereocenters. The Bertz CT molecular complexity index is 1750. The molecule has 0 atom stereocenters. The second-order valence-electron chi connectivity index (χ2n) is 8.67. The van der Waals surface area contributed by atoms with Gasteiger partial charge in [0.2, 0.25) is 0 Å². The van der Waals surface area contributed by atoms with Gasteiger partial charge in [-0.15, -0.1) is 0 Å². The molecule has 0 amide bonds. The second-order valence-corrected chi connectivity index (χ2v) is 8.67. The van der Waals surface area contributed by atoms with E-state index in [-0.39, 0.29) is 11.3 Å². The van der Waals surface area contributed by atoms with Gasteiger partial charge >= 0.3 is 17.9 Å². The molecular weight excluding hydrogens is 484 g/mol. The summed E-state index contributed by atoms with van der Waals surface area (Å²) in [7, 11) is 0. The van der Waals surface area contributed by atoms with Crippen LogP contribution in [0.2, 0.25) is 0 Å². The van der Waals surface area contributed by atoms with E-state index in [9.17, 15) is 19.2 Å². The van der Waals surface area contributed by atoms with Gasteiger partial charge in [0.15, 0.2) is 5.78 Å². The van der Waals surface area contributed by atoms with Crippen LogP contribution in [0.4, 0.5) is 0 Å². The van der Waals surface area contributed by atoms with Gasteiger partial charge in [-0.1, -0.05) is 24.3 Å². The Morgan fingerprint density at radius 2 is 0.895 bits per heavy atom.